The van der Waals surface area contributed by atoms with E-state index in [0.717, 1.165) is 28.3 Å². The molecule has 1 aromatic carbocycles. The van der Waals surface area contributed by atoms with E-state index in [4.69, 9.17) is 9.26 Å². The molecule has 0 bridgehead atoms. The molecular formula is C15H18N2O3. The molecule has 0 saturated heterocycles. The molecule has 1 N–H and O–H groups in total. The number of carbonyl (C=O) groups excluding carboxylic acids is 1. The molecule has 0 aliphatic rings. The molecule has 20 heavy (non-hydrogen) atoms. The van der Waals surface area contributed by atoms with Gasteiger partial charge in [-0.25, -0.2) is 0 Å². The standard InChI is InChI=1S/C15H18N2O3/c1-10-14(11(2)20-17-10)9-16-15(18)8-12-5-4-6-13(7-12)19-3/h4-7H,8-9H2,1-3H3,(H,16,18). The van der Waals surface area contributed by atoms with Crippen molar-refractivity contribution in [1.82, 2.24) is 10.5 Å². The van der Waals surface area contributed by atoms with Gasteiger partial charge in [-0.15, -0.1) is 0 Å². The topological polar surface area (TPSA) is 64.4 Å². The lowest BCUT2D eigenvalue weighted by molar-refractivity contribution is -0.120. The second-order valence-corrected chi connectivity index (χ2v) is 4.61. The summed E-state index contributed by atoms with van der Waals surface area (Å²) in [4.78, 5) is 11.9. The smallest absolute Gasteiger partial charge is 0.224 e. The Morgan fingerprint density at radius 2 is 2.20 bits per heavy atom. The van der Waals surface area contributed by atoms with Crippen LogP contribution in [0.3, 0.4) is 0 Å². The van der Waals surface area contributed by atoms with Crippen molar-refractivity contribution in [1.29, 1.82) is 0 Å². The van der Waals surface area contributed by atoms with E-state index < -0.39 is 0 Å². The largest absolute Gasteiger partial charge is 0.497 e. The van der Waals surface area contributed by atoms with Crippen LogP contribution in [0.2, 0.25) is 0 Å². The third-order valence-electron chi connectivity index (χ3n) is 3.14. The Kier molecular flexibility index (Phi) is 4.40. The Balaban J connectivity index is 1.92. The molecule has 1 aromatic heterocycles. The molecule has 0 radical (unpaired) electrons. The minimum atomic E-state index is -0.0433. The number of hydrogen-bond acceptors (Lipinski definition) is 4. The van der Waals surface area contributed by atoms with E-state index in [-0.39, 0.29) is 5.91 Å². The molecule has 0 saturated carbocycles. The van der Waals surface area contributed by atoms with Crippen molar-refractivity contribution in [3.63, 3.8) is 0 Å². The van der Waals surface area contributed by atoms with Gasteiger partial charge in [0, 0.05) is 12.1 Å². The maximum atomic E-state index is 11.9. The number of aromatic nitrogens is 1. The van der Waals surface area contributed by atoms with Crippen LogP contribution >= 0.6 is 0 Å². The lowest BCUT2D eigenvalue weighted by Crippen LogP contribution is -2.25. The van der Waals surface area contributed by atoms with E-state index in [9.17, 15) is 4.79 Å². The number of nitrogens with one attached hydrogen (secondary N) is 1. The van der Waals surface area contributed by atoms with Crippen molar-refractivity contribution < 1.29 is 14.1 Å². The Morgan fingerprint density at radius 1 is 1.40 bits per heavy atom. The number of amides is 1. The number of ether oxygens (including phenoxy) is 1. The van der Waals surface area contributed by atoms with Crippen LogP contribution in [0.15, 0.2) is 28.8 Å². The lowest BCUT2D eigenvalue weighted by Gasteiger charge is -2.06. The van der Waals surface area contributed by atoms with Crippen molar-refractivity contribution in [3.8, 4) is 5.75 Å². The Hall–Kier alpha value is -2.30. The lowest BCUT2D eigenvalue weighted by atomic mass is 10.1. The fraction of sp³-hybridized carbons (Fsp3) is 0.333. The first-order valence-corrected chi connectivity index (χ1v) is 6.41. The van der Waals surface area contributed by atoms with Crippen LogP contribution in [0.5, 0.6) is 5.75 Å². The van der Waals surface area contributed by atoms with Crippen molar-refractivity contribution >= 4 is 5.91 Å². The zero-order valence-electron chi connectivity index (χ0n) is 11.9. The Bertz CT molecular complexity index is 585. The van der Waals surface area contributed by atoms with Crippen molar-refractivity contribution in [2.45, 2.75) is 26.8 Å². The van der Waals surface area contributed by atoms with Gasteiger partial charge in [0.15, 0.2) is 0 Å². The summed E-state index contributed by atoms with van der Waals surface area (Å²) in [6.07, 6.45) is 0.320. The summed E-state index contributed by atoms with van der Waals surface area (Å²) in [6.45, 7) is 4.13. The molecule has 2 aromatic rings. The van der Waals surface area contributed by atoms with Crippen LogP contribution in [-0.2, 0) is 17.8 Å². The summed E-state index contributed by atoms with van der Waals surface area (Å²) < 4.78 is 10.2. The number of methoxy groups -OCH3 is 1. The Labute approximate surface area is 117 Å². The number of carbonyl (C=O) groups is 1. The van der Waals surface area contributed by atoms with Gasteiger partial charge in [0.1, 0.15) is 11.5 Å². The molecule has 0 spiro atoms. The van der Waals surface area contributed by atoms with E-state index in [0.29, 0.717) is 13.0 Å². The minimum Gasteiger partial charge on any atom is -0.497 e. The van der Waals surface area contributed by atoms with Gasteiger partial charge in [-0.3, -0.25) is 4.79 Å². The maximum Gasteiger partial charge on any atom is 0.224 e. The fourth-order valence-electron chi connectivity index (χ4n) is 1.97. The second kappa shape index (κ2) is 6.23. The molecule has 0 aliphatic carbocycles. The second-order valence-electron chi connectivity index (χ2n) is 4.61. The zero-order chi connectivity index (χ0) is 14.5. The normalized spacial score (nSPS) is 10.3. The number of benzene rings is 1. The van der Waals surface area contributed by atoms with Crippen LogP contribution in [0.1, 0.15) is 22.6 Å². The third kappa shape index (κ3) is 3.38. The number of nitrogens with zero attached hydrogens (tertiary/aromatic N) is 1. The highest BCUT2D eigenvalue weighted by Gasteiger charge is 2.10. The maximum absolute atomic E-state index is 11.9. The first-order valence-electron chi connectivity index (χ1n) is 6.41. The van der Waals surface area contributed by atoms with E-state index in [1.807, 2.05) is 38.1 Å². The van der Waals surface area contributed by atoms with Crippen LogP contribution in [0.25, 0.3) is 0 Å². The quantitative estimate of drug-likeness (QED) is 0.907. The highest BCUT2D eigenvalue weighted by Crippen LogP contribution is 2.14. The van der Waals surface area contributed by atoms with Gasteiger partial charge < -0.3 is 14.6 Å². The summed E-state index contributed by atoms with van der Waals surface area (Å²) in [5.41, 5.74) is 2.66. The molecule has 0 unspecified atom stereocenters. The minimum absolute atomic E-state index is 0.0433. The molecule has 1 amide bonds. The van der Waals surface area contributed by atoms with E-state index in [1.165, 1.54) is 0 Å². The molecule has 2 rings (SSSR count). The van der Waals surface area contributed by atoms with Gasteiger partial charge in [-0.05, 0) is 31.5 Å². The van der Waals surface area contributed by atoms with Gasteiger partial charge in [0.25, 0.3) is 0 Å². The molecular weight excluding hydrogens is 256 g/mol. The van der Waals surface area contributed by atoms with Crippen LogP contribution in [-0.4, -0.2) is 18.2 Å². The monoisotopic (exact) mass is 274 g/mol. The van der Waals surface area contributed by atoms with E-state index in [1.54, 1.807) is 7.11 Å². The van der Waals surface area contributed by atoms with Gasteiger partial charge in [-0.2, -0.15) is 0 Å². The van der Waals surface area contributed by atoms with Crippen molar-refractivity contribution in [3.05, 3.63) is 46.8 Å². The summed E-state index contributed by atoms with van der Waals surface area (Å²) in [5, 5.41) is 6.73. The first-order chi connectivity index (χ1) is 9.60. The highest BCUT2D eigenvalue weighted by atomic mass is 16.5. The number of aryl methyl sites for hydroxylation is 2. The van der Waals surface area contributed by atoms with Gasteiger partial charge in [0.2, 0.25) is 5.91 Å². The molecule has 106 valence electrons. The number of rotatable bonds is 5. The van der Waals surface area contributed by atoms with Gasteiger partial charge in [0.05, 0.1) is 19.2 Å². The predicted octanol–water partition coefficient (Wildman–Crippen LogP) is 2.16. The SMILES string of the molecule is COc1cccc(CC(=O)NCc2c(C)noc2C)c1. The molecule has 0 fully saturated rings. The summed E-state index contributed by atoms with van der Waals surface area (Å²) >= 11 is 0. The average Bonchev–Trinajstić information content (AvgIpc) is 2.76. The Morgan fingerprint density at radius 3 is 2.85 bits per heavy atom. The van der Waals surface area contributed by atoms with Crippen LogP contribution in [0.4, 0.5) is 0 Å². The van der Waals surface area contributed by atoms with Gasteiger partial charge >= 0.3 is 0 Å². The van der Waals surface area contributed by atoms with Crippen molar-refractivity contribution in [2.24, 2.45) is 0 Å². The third-order valence-corrected chi connectivity index (χ3v) is 3.14. The van der Waals surface area contributed by atoms with Crippen LogP contribution in [0, 0.1) is 13.8 Å². The number of hydrogen-bond donors (Lipinski definition) is 1. The molecule has 1 heterocycles. The zero-order valence-corrected chi connectivity index (χ0v) is 11.9. The van der Waals surface area contributed by atoms with Gasteiger partial charge in [-0.1, -0.05) is 17.3 Å². The summed E-state index contributed by atoms with van der Waals surface area (Å²) in [6, 6.07) is 7.48. The molecule has 5 nitrogen and oxygen atoms in total. The predicted molar refractivity (Wildman–Crippen MR) is 74.5 cm³/mol. The fourth-order valence-corrected chi connectivity index (χ4v) is 1.97. The van der Waals surface area contributed by atoms with E-state index >= 15 is 0 Å². The average molecular weight is 274 g/mol. The molecule has 0 atom stereocenters. The van der Waals surface area contributed by atoms with Crippen LogP contribution < -0.4 is 10.1 Å². The summed E-state index contributed by atoms with van der Waals surface area (Å²) in [7, 11) is 1.61. The van der Waals surface area contributed by atoms with Crippen molar-refractivity contribution in [2.75, 3.05) is 7.11 Å². The molecule has 0 aliphatic heterocycles. The highest BCUT2D eigenvalue weighted by molar-refractivity contribution is 5.78. The first kappa shape index (κ1) is 14.1. The summed E-state index contributed by atoms with van der Waals surface area (Å²) in [5.74, 6) is 1.45. The molecule has 5 heteroatoms. The van der Waals surface area contributed by atoms with E-state index in [2.05, 4.69) is 10.5 Å².